The van der Waals surface area contributed by atoms with Crippen LogP contribution in [0.5, 0.6) is 0 Å². The Labute approximate surface area is 136 Å². The molecule has 23 heavy (non-hydrogen) atoms. The van der Waals surface area contributed by atoms with E-state index in [9.17, 15) is 9.90 Å². The number of pyridine rings is 1. The van der Waals surface area contributed by atoms with Crippen molar-refractivity contribution in [2.24, 2.45) is 0 Å². The maximum absolute atomic E-state index is 12.5. The van der Waals surface area contributed by atoms with Crippen LogP contribution in [0.2, 0.25) is 0 Å². The topological polar surface area (TPSA) is 85.9 Å². The number of carbonyl (C=O) groups excluding carboxylic acids is 1. The van der Waals surface area contributed by atoms with Crippen LogP contribution in [0.1, 0.15) is 18.4 Å². The van der Waals surface area contributed by atoms with Gasteiger partial charge in [0.05, 0.1) is 6.10 Å². The predicted molar refractivity (Wildman–Crippen MR) is 87.7 cm³/mol. The first-order valence-corrected chi connectivity index (χ1v) is 8.27. The smallest absolute Gasteiger partial charge is 0.320 e. The Bertz CT molecular complexity index is 547. The standard InChI is InChI=1S/C16H25N5O2/c17-15-13(4-3-5-18-15)10-19-8-9-21(12-14(22)11-19)16(23)20-6-1-2-7-20/h3-5,14,22H,1-2,6-12H2,(H2,17,18)/t14-/m0/s1. The Balaban J connectivity index is 1.61. The molecule has 1 aromatic rings. The Morgan fingerprint density at radius 3 is 2.74 bits per heavy atom. The third kappa shape index (κ3) is 3.92. The van der Waals surface area contributed by atoms with Crippen molar-refractivity contribution < 1.29 is 9.90 Å². The molecule has 0 unspecified atom stereocenters. The lowest BCUT2D eigenvalue weighted by Gasteiger charge is -2.27. The monoisotopic (exact) mass is 319 g/mol. The fraction of sp³-hybridized carbons (Fsp3) is 0.625. The number of hydrogen-bond donors (Lipinski definition) is 2. The number of urea groups is 1. The molecule has 0 saturated carbocycles. The van der Waals surface area contributed by atoms with Crippen molar-refractivity contribution in [3.8, 4) is 0 Å². The molecule has 0 aromatic carbocycles. The number of anilines is 1. The average molecular weight is 319 g/mol. The van der Waals surface area contributed by atoms with Crippen LogP contribution in [-0.2, 0) is 6.54 Å². The number of nitrogen functional groups attached to an aromatic ring is 1. The summed E-state index contributed by atoms with van der Waals surface area (Å²) in [5.74, 6) is 0.524. The summed E-state index contributed by atoms with van der Waals surface area (Å²) in [6.07, 6.45) is 3.29. The quantitative estimate of drug-likeness (QED) is 0.822. The molecule has 2 fully saturated rings. The van der Waals surface area contributed by atoms with Crippen molar-refractivity contribution in [3.05, 3.63) is 23.9 Å². The largest absolute Gasteiger partial charge is 0.390 e. The number of likely N-dealkylation sites (tertiary alicyclic amines) is 1. The Morgan fingerprint density at radius 1 is 1.22 bits per heavy atom. The number of aliphatic hydroxyl groups excluding tert-OH is 1. The SMILES string of the molecule is Nc1ncccc1CN1CCN(C(=O)N2CCCC2)C[C@@H](O)C1. The lowest BCUT2D eigenvalue weighted by Crippen LogP contribution is -2.45. The second-order valence-corrected chi connectivity index (χ2v) is 6.36. The van der Waals surface area contributed by atoms with Crippen LogP contribution < -0.4 is 5.73 Å². The van der Waals surface area contributed by atoms with Crippen LogP contribution in [0.3, 0.4) is 0 Å². The van der Waals surface area contributed by atoms with Gasteiger partial charge in [0.25, 0.3) is 0 Å². The number of hydrogen-bond acceptors (Lipinski definition) is 5. The summed E-state index contributed by atoms with van der Waals surface area (Å²) < 4.78 is 0. The Hall–Kier alpha value is -1.86. The van der Waals surface area contributed by atoms with Gasteiger partial charge in [-0.3, -0.25) is 4.90 Å². The molecule has 2 aliphatic rings. The van der Waals surface area contributed by atoms with Gasteiger partial charge in [-0.05, 0) is 18.9 Å². The summed E-state index contributed by atoms with van der Waals surface area (Å²) in [5.41, 5.74) is 6.86. The highest BCUT2D eigenvalue weighted by Gasteiger charge is 2.28. The lowest BCUT2D eigenvalue weighted by molar-refractivity contribution is 0.105. The van der Waals surface area contributed by atoms with Gasteiger partial charge in [0, 0.05) is 57.6 Å². The highest BCUT2D eigenvalue weighted by atomic mass is 16.3. The van der Waals surface area contributed by atoms with Gasteiger partial charge in [-0.1, -0.05) is 6.07 Å². The molecule has 7 heteroatoms. The molecule has 2 amide bonds. The maximum Gasteiger partial charge on any atom is 0.320 e. The number of aromatic nitrogens is 1. The molecule has 2 aliphatic heterocycles. The summed E-state index contributed by atoms with van der Waals surface area (Å²) in [5, 5.41) is 10.3. The van der Waals surface area contributed by atoms with E-state index in [-0.39, 0.29) is 6.03 Å². The highest BCUT2D eigenvalue weighted by Crippen LogP contribution is 2.16. The lowest BCUT2D eigenvalue weighted by atomic mass is 10.2. The number of amides is 2. The zero-order valence-corrected chi connectivity index (χ0v) is 13.4. The summed E-state index contributed by atoms with van der Waals surface area (Å²) in [6, 6.07) is 3.87. The molecular weight excluding hydrogens is 294 g/mol. The van der Waals surface area contributed by atoms with Gasteiger partial charge in [-0.25, -0.2) is 9.78 Å². The van der Waals surface area contributed by atoms with Crippen LogP contribution >= 0.6 is 0 Å². The van der Waals surface area contributed by atoms with Crippen molar-refractivity contribution >= 4 is 11.8 Å². The first-order chi connectivity index (χ1) is 11.1. The van der Waals surface area contributed by atoms with Crippen LogP contribution in [0.25, 0.3) is 0 Å². The number of rotatable bonds is 2. The van der Waals surface area contributed by atoms with E-state index in [1.165, 1.54) is 0 Å². The molecule has 3 rings (SSSR count). The van der Waals surface area contributed by atoms with Gasteiger partial charge in [0.15, 0.2) is 0 Å². The zero-order valence-electron chi connectivity index (χ0n) is 13.4. The maximum atomic E-state index is 12.5. The van der Waals surface area contributed by atoms with Crippen molar-refractivity contribution in [3.63, 3.8) is 0 Å². The number of carbonyl (C=O) groups is 1. The minimum Gasteiger partial charge on any atom is -0.390 e. The van der Waals surface area contributed by atoms with Crippen LogP contribution in [-0.4, -0.2) is 76.2 Å². The van der Waals surface area contributed by atoms with E-state index in [1.54, 1.807) is 11.1 Å². The molecule has 0 aliphatic carbocycles. The van der Waals surface area contributed by atoms with E-state index in [0.717, 1.165) is 38.0 Å². The molecule has 0 bridgehead atoms. The van der Waals surface area contributed by atoms with Crippen LogP contribution in [0.4, 0.5) is 10.6 Å². The molecule has 3 heterocycles. The molecule has 7 nitrogen and oxygen atoms in total. The third-order valence-corrected chi connectivity index (χ3v) is 4.55. The van der Waals surface area contributed by atoms with Gasteiger partial charge in [0.2, 0.25) is 0 Å². The first kappa shape index (κ1) is 16.0. The molecule has 3 N–H and O–H groups in total. The fourth-order valence-corrected chi connectivity index (χ4v) is 3.31. The van der Waals surface area contributed by atoms with E-state index in [1.807, 2.05) is 17.0 Å². The van der Waals surface area contributed by atoms with Gasteiger partial charge >= 0.3 is 6.03 Å². The summed E-state index contributed by atoms with van der Waals surface area (Å²) in [4.78, 5) is 22.4. The predicted octanol–water partition coefficient (Wildman–Crippen LogP) is 0.358. The van der Waals surface area contributed by atoms with Gasteiger partial charge in [-0.2, -0.15) is 0 Å². The van der Waals surface area contributed by atoms with E-state index >= 15 is 0 Å². The van der Waals surface area contributed by atoms with Gasteiger partial charge in [-0.15, -0.1) is 0 Å². The average Bonchev–Trinajstić information content (AvgIpc) is 3.00. The molecule has 2 saturated heterocycles. The highest BCUT2D eigenvalue weighted by molar-refractivity contribution is 5.74. The normalized spacial score (nSPS) is 23.1. The van der Waals surface area contributed by atoms with Crippen molar-refractivity contribution in [1.82, 2.24) is 19.7 Å². The molecule has 126 valence electrons. The first-order valence-electron chi connectivity index (χ1n) is 8.27. The zero-order chi connectivity index (χ0) is 16.2. The summed E-state index contributed by atoms with van der Waals surface area (Å²) >= 11 is 0. The van der Waals surface area contributed by atoms with E-state index in [0.29, 0.717) is 32.0 Å². The minimum atomic E-state index is -0.540. The molecule has 0 radical (unpaired) electrons. The third-order valence-electron chi connectivity index (χ3n) is 4.55. The summed E-state index contributed by atoms with van der Waals surface area (Å²) in [6.45, 7) is 4.61. The van der Waals surface area contributed by atoms with Crippen molar-refractivity contribution in [2.45, 2.75) is 25.5 Å². The van der Waals surface area contributed by atoms with E-state index < -0.39 is 6.10 Å². The van der Waals surface area contributed by atoms with Crippen molar-refractivity contribution in [2.75, 3.05) is 45.0 Å². The second kappa shape index (κ2) is 7.14. The number of β-amino-alcohol motifs (C(OH)–C–C–N with tert-alkyl or cyclic N) is 1. The van der Waals surface area contributed by atoms with Crippen molar-refractivity contribution in [1.29, 1.82) is 0 Å². The van der Waals surface area contributed by atoms with Gasteiger partial charge in [0.1, 0.15) is 5.82 Å². The fourth-order valence-electron chi connectivity index (χ4n) is 3.31. The molecular formula is C16H25N5O2. The number of aliphatic hydroxyl groups is 1. The van der Waals surface area contributed by atoms with E-state index in [4.69, 9.17) is 5.73 Å². The second-order valence-electron chi connectivity index (χ2n) is 6.36. The molecule has 1 atom stereocenters. The molecule has 0 spiro atoms. The Morgan fingerprint density at radius 2 is 2.00 bits per heavy atom. The molecule has 1 aromatic heterocycles. The minimum absolute atomic E-state index is 0.0595. The number of nitrogens with two attached hydrogens (primary N) is 1. The Kier molecular flexibility index (Phi) is 4.97. The number of nitrogens with zero attached hydrogens (tertiary/aromatic N) is 4. The van der Waals surface area contributed by atoms with Crippen LogP contribution in [0.15, 0.2) is 18.3 Å². The van der Waals surface area contributed by atoms with E-state index in [2.05, 4.69) is 9.88 Å². The van der Waals surface area contributed by atoms with Gasteiger partial charge < -0.3 is 20.6 Å². The van der Waals surface area contributed by atoms with Crippen LogP contribution in [0, 0.1) is 0 Å². The summed E-state index contributed by atoms with van der Waals surface area (Å²) in [7, 11) is 0.